The van der Waals surface area contributed by atoms with E-state index in [0.717, 1.165) is 6.07 Å². The molecule has 0 aliphatic heterocycles. The summed E-state index contributed by atoms with van der Waals surface area (Å²) in [5.41, 5.74) is -0.198. The van der Waals surface area contributed by atoms with Crippen LogP contribution in [0.2, 0.25) is 0 Å². The molecule has 0 aliphatic rings. The van der Waals surface area contributed by atoms with E-state index in [0.29, 0.717) is 0 Å². The highest BCUT2D eigenvalue weighted by atomic mass is 16.6. The van der Waals surface area contributed by atoms with E-state index in [2.05, 4.69) is 0 Å². The molecule has 0 radical (unpaired) electrons. The van der Waals surface area contributed by atoms with Crippen molar-refractivity contribution in [3.05, 3.63) is 67.8 Å². The monoisotopic (exact) mass is 341 g/mol. The number of methoxy groups -OCH3 is 1. The minimum absolute atomic E-state index is 0.0609. The molecular weight excluding hydrogens is 330 g/mol. The predicted molar refractivity (Wildman–Crippen MR) is 87.9 cm³/mol. The van der Waals surface area contributed by atoms with Crippen molar-refractivity contribution < 1.29 is 19.7 Å². The number of ether oxygens (including phenoxy) is 1. The van der Waals surface area contributed by atoms with Gasteiger partial charge >= 0.3 is 5.69 Å². The summed E-state index contributed by atoms with van der Waals surface area (Å²) in [5, 5.41) is 41.0. The number of aromatic hydroxyl groups is 1. The van der Waals surface area contributed by atoms with E-state index in [1.54, 1.807) is 0 Å². The van der Waals surface area contributed by atoms with Crippen LogP contribution in [0.15, 0.2) is 36.4 Å². The Hall–Kier alpha value is -3.93. The van der Waals surface area contributed by atoms with Crippen LogP contribution >= 0.6 is 0 Å². The normalized spacial score (nSPS) is 10.8. The third-order valence-corrected chi connectivity index (χ3v) is 3.29. The van der Waals surface area contributed by atoms with E-state index < -0.39 is 21.3 Å². The Bertz CT molecular complexity index is 930. The highest BCUT2D eigenvalue weighted by molar-refractivity contribution is 5.90. The zero-order valence-corrected chi connectivity index (χ0v) is 12.9. The summed E-state index contributed by atoms with van der Waals surface area (Å²) in [7, 11) is 1.23. The van der Waals surface area contributed by atoms with Crippen LogP contribution in [0, 0.1) is 31.6 Å². The number of nitrogens with zero attached hydrogens (tertiary/aromatic N) is 3. The molecule has 0 atom stereocenters. The minimum Gasteiger partial charge on any atom is -0.500 e. The van der Waals surface area contributed by atoms with Gasteiger partial charge in [-0.15, -0.1) is 0 Å². The number of phenolic OH excluding ortho intramolecular Hbond substituents is 1. The first-order chi connectivity index (χ1) is 11.9. The summed E-state index contributed by atoms with van der Waals surface area (Å²) in [5.74, 6) is -0.754. The summed E-state index contributed by atoms with van der Waals surface area (Å²) in [4.78, 5) is 20.5. The number of nitro benzene ring substituents is 2. The number of nitro groups is 2. The lowest BCUT2D eigenvalue weighted by Crippen LogP contribution is -1.94. The number of rotatable bonds is 5. The van der Waals surface area contributed by atoms with E-state index in [-0.39, 0.29) is 28.1 Å². The van der Waals surface area contributed by atoms with Gasteiger partial charge in [0.2, 0.25) is 5.75 Å². The second kappa shape index (κ2) is 7.10. The molecule has 9 nitrogen and oxygen atoms in total. The number of phenols is 1. The van der Waals surface area contributed by atoms with E-state index in [4.69, 9.17) is 4.74 Å². The molecule has 0 heterocycles. The van der Waals surface area contributed by atoms with Gasteiger partial charge in [0.25, 0.3) is 5.69 Å². The van der Waals surface area contributed by atoms with Crippen LogP contribution < -0.4 is 4.74 Å². The molecule has 2 aromatic carbocycles. The van der Waals surface area contributed by atoms with E-state index in [9.17, 15) is 30.6 Å². The number of hydrogen-bond donors (Lipinski definition) is 1. The molecule has 0 saturated heterocycles. The maximum Gasteiger partial charge on any atom is 0.315 e. The first-order valence-electron chi connectivity index (χ1n) is 6.79. The van der Waals surface area contributed by atoms with Crippen molar-refractivity contribution in [3.8, 4) is 17.6 Å². The SMILES string of the molecule is COc1cc(C=C(C#N)c2cccc([N+](=O)[O-])c2)cc([N+](=O)[O-])c1O. The molecule has 25 heavy (non-hydrogen) atoms. The van der Waals surface area contributed by atoms with E-state index in [1.807, 2.05) is 6.07 Å². The first-order valence-corrected chi connectivity index (χ1v) is 6.79. The molecule has 0 amide bonds. The quantitative estimate of drug-likeness (QED) is 0.381. The zero-order valence-electron chi connectivity index (χ0n) is 12.9. The van der Waals surface area contributed by atoms with Gasteiger partial charge < -0.3 is 9.84 Å². The highest BCUT2D eigenvalue weighted by Gasteiger charge is 2.19. The lowest BCUT2D eigenvalue weighted by molar-refractivity contribution is -0.386. The Labute approximate surface area is 141 Å². The minimum atomic E-state index is -0.783. The number of non-ortho nitro benzene ring substituents is 1. The molecule has 0 aliphatic carbocycles. The molecule has 0 bridgehead atoms. The second-order valence-electron chi connectivity index (χ2n) is 4.83. The van der Waals surface area contributed by atoms with Gasteiger partial charge in [-0.3, -0.25) is 20.2 Å². The fourth-order valence-corrected chi connectivity index (χ4v) is 2.13. The van der Waals surface area contributed by atoms with Crippen LogP contribution in [0.3, 0.4) is 0 Å². The maximum absolute atomic E-state index is 11.0. The molecule has 0 unspecified atom stereocenters. The lowest BCUT2D eigenvalue weighted by Gasteiger charge is -2.06. The third-order valence-electron chi connectivity index (χ3n) is 3.29. The molecular formula is C16H11N3O6. The molecule has 0 saturated carbocycles. The number of hydrogen-bond acceptors (Lipinski definition) is 7. The van der Waals surface area contributed by atoms with Gasteiger partial charge in [0.15, 0.2) is 5.75 Å². The Morgan fingerprint density at radius 2 is 1.96 bits per heavy atom. The molecule has 2 aromatic rings. The van der Waals surface area contributed by atoms with Gasteiger partial charge in [-0.1, -0.05) is 12.1 Å². The second-order valence-corrected chi connectivity index (χ2v) is 4.83. The molecule has 9 heteroatoms. The summed E-state index contributed by atoms with van der Waals surface area (Å²) in [6.07, 6.45) is 1.31. The van der Waals surface area contributed by atoms with Gasteiger partial charge in [0.05, 0.1) is 28.6 Å². The molecule has 126 valence electrons. The fourth-order valence-electron chi connectivity index (χ4n) is 2.13. The standard InChI is InChI=1S/C16H11N3O6/c1-25-15-7-10(6-14(16(15)20)19(23)24)5-12(9-17)11-3-2-4-13(8-11)18(21)22/h2-8,20H,1H3. The Kier molecular flexibility index (Phi) is 4.95. The van der Waals surface area contributed by atoms with Crippen LogP contribution in [0.1, 0.15) is 11.1 Å². The van der Waals surface area contributed by atoms with Gasteiger partial charge in [-0.2, -0.15) is 5.26 Å². The third kappa shape index (κ3) is 3.70. The van der Waals surface area contributed by atoms with Crippen molar-refractivity contribution in [2.24, 2.45) is 0 Å². The smallest absolute Gasteiger partial charge is 0.315 e. The van der Waals surface area contributed by atoms with Crippen LogP contribution in [0.25, 0.3) is 11.6 Å². The Morgan fingerprint density at radius 1 is 1.24 bits per heavy atom. The predicted octanol–water partition coefficient (Wildman–Crippen LogP) is 3.28. The van der Waals surface area contributed by atoms with Crippen molar-refractivity contribution in [1.82, 2.24) is 0 Å². The van der Waals surface area contributed by atoms with Crippen molar-refractivity contribution in [2.45, 2.75) is 0 Å². The average molecular weight is 341 g/mol. The average Bonchev–Trinajstić information content (AvgIpc) is 2.60. The van der Waals surface area contributed by atoms with Crippen molar-refractivity contribution in [1.29, 1.82) is 5.26 Å². The number of allylic oxidation sites excluding steroid dienone is 1. The van der Waals surface area contributed by atoms with Crippen LogP contribution in [0.5, 0.6) is 11.5 Å². The Balaban J connectivity index is 2.59. The molecule has 1 N–H and O–H groups in total. The van der Waals surface area contributed by atoms with Gasteiger partial charge in [0.1, 0.15) is 0 Å². The molecule has 0 aromatic heterocycles. The largest absolute Gasteiger partial charge is 0.500 e. The van der Waals surface area contributed by atoms with Crippen LogP contribution in [-0.4, -0.2) is 22.1 Å². The van der Waals surface area contributed by atoms with Gasteiger partial charge in [0, 0.05) is 18.2 Å². The summed E-state index contributed by atoms with van der Waals surface area (Å²) < 4.78 is 4.89. The van der Waals surface area contributed by atoms with Crippen LogP contribution in [0.4, 0.5) is 11.4 Å². The number of benzene rings is 2. The van der Waals surface area contributed by atoms with E-state index >= 15 is 0 Å². The van der Waals surface area contributed by atoms with Gasteiger partial charge in [-0.25, -0.2) is 0 Å². The van der Waals surface area contributed by atoms with Crippen molar-refractivity contribution >= 4 is 23.0 Å². The van der Waals surface area contributed by atoms with Crippen molar-refractivity contribution in [2.75, 3.05) is 7.11 Å². The molecule has 0 fully saturated rings. The lowest BCUT2D eigenvalue weighted by atomic mass is 10.0. The van der Waals surface area contributed by atoms with Crippen molar-refractivity contribution in [3.63, 3.8) is 0 Å². The summed E-state index contributed by atoms with van der Waals surface area (Å²) in [6, 6.07) is 9.74. The van der Waals surface area contributed by atoms with Gasteiger partial charge in [-0.05, 0) is 23.3 Å². The summed E-state index contributed by atoms with van der Waals surface area (Å²) in [6.45, 7) is 0. The number of nitriles is 1. The first kappa shape index (κ1) is 17.4. The topological polar surface area (TPSA) is 140 Å². The Morgan fingerprint density at radius 3 is 2.52 bits per heavy atom. The molecule has 0 spiro atoms. The fraction of sp³-hybridized carbons (Fsp3) is 0.0625. The maximum atomic E-state index is 11.0. The summed E-state index contributed by atoms with van der Waals surface area (Å²) >= 11 is 0. The van der Waals surface area contributed by atoms with E-state index in [1.165, 1.54) is 43.5 Å². The van der Waals surface area contributed by atoms with Crippen LogP contribution in [-0.2, 0) is 0 Å². The zero-order chi connectivity index (χ0) is 18.6. The molecule has 2 rings (SSSR count). The highest BCUT2D eigenvalue weighted by Crippen LogP contribution is 2.37.